The molecule has 1 aliphatic rings. The fourth-order valence-corrected chi connectivity index (χ4v) is 2.11. The Morgan fingerprint density at radius 2 is 1.77 bits per heavy atom. The van der Waals surface area contributed by atoms with Gasteiger partial charge in [-0.2, -0.15) is 0 Å². The fourth-order valence-electron chi connectivity index (χ4n) is 1.98. The van der Waals surface area contributed by atoms with Crippen LogP contribution in [0.4, 0.5) is 0 Å². The predicted octanol–water partition coefficient (Wildman–Crippen LogP) is 3.69. The van der Waals surface area contributed by atoms with Crippen molar-refractivity contribution in [3.05, 3.63) is 70.4 Å². The molecule has 0 saturated carbocycles. The molecule has 0 radical (unpaired) electrons. The number of halogens is 1. The van der Waals surface area contributed by atoms with Crippen LogP contribution in [0.15, 0.2) is 59.2 Å². The molecule has 1 aliphatic heterocycles. The normalized spacial score (nSPS) is 15.6. The number of esters is 1. The van der Waals surface area contributed by atoms with E-state index in [4.69, 9.17) is 21.1 Å². The van der Waals surface area contributed by atoms with Crippen molar-refractivity contribution in [2.24, 2.45) is 4.99 Å². The number of hydrogen-bond acceptors (Lipinski definition) is 4. The highest BCUT2D eigenvalue weighted by Crippen LogP contribution is 2.21. The summed E-state index contributed by atoms with van der Waals surface area (Å²) in [6.07, 6.45) is 1.66. The van der Waals surface area contributed by atoms with E-state index in [2.05, 4.69) is 4.99 Å². The summed E-state index contributed by atoms with van der Waals surface area (Å²) < 4.78 is 10.3. The highest BCUT2D eigenvalue weighted by atomic mass is 35.5. The summed E-state index contributed by atoms with van der Waals surface area (Å²) in [7, 11) is 1.59. The highest BCUT2D eigenvalue weighted by molar-refractivity contribution is 6.30. The summed E-state index contributed by atoms with van der Waals surface area (Å²) >= 11 is 5.83. The molecule has 0 atom stereocenters. The van der Waals surface area contributed by atoms with Gasteiger partial charge in [0.15, 0.2) is 5.70 Å². The van der Waals surface area contributed by atoms with Crippen LogP contribution >= 0.6 is 11.6 Å². The molecule has 0 aliphatic carbocycles. The number of methoxy groups -OCH3 is 1. The van der Waals surface area contributed by atoms with Crippen LogP contribution in [0.2, 0.25) is 5.02 Å². The van der Waals surface area contributed by atoms with Crippen molar-refractivity contribution < 1.29 is 14.3 Å². The molecule has 0 fully saturated rings. The molecule has 4 nitrogen and oxygen atoms in total. The van der Waals surface area contributed by atoms with Gasteiger partial charge in [-0.25, -0.2) is 9.79 Å². The zero-order valence-electron chi connectivity index (χ0n) is 11.7. The molecule has 1 heterocycles. The van der Waals surface area contributed by atoms with Crippen molar-refractivity contribution in [2.75, 3.05) is 7.11 Å². The van der Waals surface area contributed by atoms with E-state index in [-0.39, 0.29) is 11.6 Å². The average Bonchev–Trinajstić information content (AvgIpc) is 2.91. The van der Waals surface area contributed by atoms with Crippen LogP contribution in [0, 0.1) is 0 Å². The third kappa shape index (κ3) is 3.02. The molecule has 0 spiro atoms. The number of carbonyl (C=O) groups excluding carboxylic acids is 1. The summed E-state index contributed by atoms with van der Waals surface area (Å²) in [5.74, 6) is 0.541. The number of ether oxygens (including phenoxy) is 2. The minimum atomic E-state index is -0.472. The second-order valence-electron chi connectivity index (χ2n) is 4.62. The fraction of sp³-hybridized carbons (Fsp3) is 0.0588. The molecule has 3 rings (SSSR count). The first-order chi connectivity index (χ1) is 10.7. The Kier molecular flexibility index (Phi) is 3.94. The molecule has 0 saturated heterocycles. The summed E-state index contributed by atoms with van der Waals surface area (Å²) in [4.78, 5) is 16.1. The zero-order valence-corrected chi connectivity index (χ0v) is 12.5. The van der Waals surface area contributed by atoms with Gasteiger partial charge in [0.2, 0.25) is 5.90 Å². The van der Waals surface area contributed by atoms with Gasteiger partial charge in [-0.1, -0.05) is 23.7 Å². The summed E-state index contributed by atoms with van der Waals surface area (Å²) in [6.45, 7) is 0. The third-order valence-electron chi connectivity index (χ3n) is 3.13. The van der Waals surface area contributed by atoms with Crippen molar-refractivity contribution in [1.29, 1.82) is 0 Å². The maximum atomic E-state index is 11.9. The van der Waals surface area contributed by atoms with Crippen LogP contribution in [0.3, 0.4) is 0 Å². The van der Waals surface area contributed by atoms with Gasteiger partial charge in [0.1, 0.15) is 5.75 Å². The number of cyclic esters (lactones) is 1. The van der Waals surface area contributed by atoms with Crippen LogP contribution in [0.25, 0.3) is 6.08 Å². The van der Waals surface area contributed by atoms with Crippen LogP contribution < -0.4 is 4.74 Å². The standard InChI is InChI=1S/C17H12ClNO3/c1-21-14-8-4-12(5-9-14)16-19-15(17(20)22-16)10-11-2-6-13(18)7-3-11/h2-10H,1H3/b15-10+. The number of nitrogens with zero attached hydrogens (tertiary/aromatic N) is 1. The molecule has 0 N–H and O–H groups in total. The lowest BCUT2D eigenvalue weighted by Crippen LogP contribution is -2.05. The Bertz CT molecular complexity index is 761. The number of carbonyl (C=O) groups is 1. The van der Waals surface area contributed by atoms with E-state index < -0.39 is 5.97 Å². The second-order valence-corrected chi connectivity index (χ2v) is 5.05. The molecule has 0 aromatic heterocycles. The molecule has 110 valence electrons. The topological polar surface area (TPSA) is 47.9 Å². The summed E-state index contributed by atoms with van der Waals surface area (Å²) in [6, 6.07) is 14.3. The lowest BCUT2D eigenvalue weighted by Gasteiger charge is -2.01. The van der Waals surface area contributed by atoms with Gasteiger partial charge < -0.3 is 9.47 Å². The maximum absolute atomic E-state index is 11.9. The van der Waals surface area contributed by atoms with Crippen molar-refractivity contribution in [3.63, 3.8) is 0 Å². The Labute approximate surface area is 132 Å². The van der Waals surface area contributed by atoms with E-state index in [0.29, 0.717) is 10.6 Å². The highest BCUT2D eigenvalue weighted by Gasteiger charge is 2.24. The van der Waals surface area contributed by atoms with E-state index in [1.54, 1.807) is 49.6 Å². The summed E-state index contributed by atoms with van der Waals surface area (Å²) in [5.41, 5.74) is 1.80. The first kappa shape index (κ1) is 14.4. The van der Waals surface area contributed by atoms with Gasteiger partial charge in [-0.05, 0) is 48.0 Å². The Morgan fingerprint density at radius 3 is 2.41 bits per heavy atom. The van der Waals surface area contributed by atoms with Gasteiger partial charge in [0, 0.05) is 10.6 Å². The minimum absolute atomic E-state index is 0.258. The van der Waals surface area contributed by atoms with E-state index in [1.165, 1.54) is 0 Å². The predicted molar refractivity (Wildman–Crippen MR) is 85.1 cm³/mol. The number of benzene rings is 2. The monoisotopic (exact) mass is 313 g/mol. The zero-order chi connectivity index (χ0) is 15.5. The van der Waals surface area contributed by atoms with Crippen molar-refractivity contribution in [3.8, 4) is 5.75 Å². The van der Waals surface area contributed by atoms with E-state index in [9.17, 15) is 4.79 Å². The van der Waals surface area contributed by atoms with Crippen LogP contribution in [0.5, 0.6) is 5.75 Å². The van der Waals surface area contributed by atoms with Gasteiger partial charge in [0.25, 0.3) is 0 Å². The van der Waals surface area contributed by atoms with Gasteiger partial charge in [-0.3, -0.25) is 0 Å². The largest absolute Gasteiger partial charge is 0.497 e. The molecule has 2 aromatic carbocycles. The summed E-state index contributed by atoms with van der Waals surface area (Å²) in [5, 5.41) is 0.638. The average molecular weight is 314 g/mol. The van der Waals surface area contributed by atoms with E-state index >= 15 is 0 Å². The van der Waals surface area contributed by atoms with Gasteiger partial charge in [-0.15, -0.1) is 0 Å². The molecule has 0 unspecified atom stereocenters. The SMILES string of the molecule is COc1ccc(C2=N/C(=C/c3ccc(Cl)cc3)C(=O)O2)cc1. The third-order valence-corrected chi connectivity index (χ3v) is 3.38. The van der Waals surface area contributed by atoms with Crippen LogP contribution in [0.1, 0.15) is 11.1 Å². The van der Waals surface area contributed by atoms with Crippen LogP contribution in [-0.2, 0) is 9.53 Å². The quantitative estimate of drug-likeness (QED) is 0.641. The van der Waals surface area contributed by atoms with Gasteiger partial charge in [0.05, 0.1) is 7.11 Å². The van der Waals surface area contributed by atoms with Gasteiger partial charge >= 0.3 is 5.97 Å². The second kappa shape index (κ2) is 6.03. The lowest BCUT2D eigenvalue weighted by atomic mass is 10.2. The first-order valence-electron chi connectivity index (χ1n) is 6.58. The van der Waals surface area contributed by atoms with E-state index in [1.807, 2.05) is 12.1 Å². The Balaban J connectivity index is 1.88. The smallest absolute Gasteiger partial charge is 0.363 e. The Hall–Kier alpha value is -2.59. The molecular formula is C17H12ClNO3. The van der Waals surface area contributed by atoms with Crippen molar-refractivity contribution in [1.82, 2.24) is 0 Å². The molecular weight excluding hydrogens is 302 g/mol. The number of aliphatic imine (C=N–C) groups is 1. The molecule has 0 amide bonds. The van der Waals surface area contributed by atoms with Crippen LogP contribution in [-0.4, -0.2) is 19.0 Å². The number of rotatable bonds is 3. The van der Waals surface area contributed by atoms with Crippen molar-refractivity contribution >= 4 is 29.5 Å². The maximum Gasteiger partial charge on any atom is 0.363 e. The van der Waals surface area contributed by atoms with E-state index in [0.717, 1.165) is 11.3 Å². The van der Waals surface area contributed by atoms with Crippen molar-refractivity contribution in [2.45, 2.75) is 0 Å². The minimum Gasteiger partial charge on any atom is -0.497 e. The molecule has 2 aromatic rings. The first-order valence-corrected chi connectivity index (χ1v) is 6.96. The Morgan fingerprint density at radius 1 is 1.09 bits per heavy atom. The molecule has 0 bridgehead atoms. The lowest BCUT2D eigenvalue weighted by molar-refractivity contribution is -0.129. The number of hydrogen-bond donors (Lipinski definition) is 0. The molecule has 22 heavy (non-hydrogen) atoms. The molecule has 5 heteroatoms.